The van der Waals surface area contributed by atoms with E-state index in [-0.39, 0.29) is 47.4 Å². The molecule has 0 bridgehead atoms. The number of sulfonamides is 1. The predicted molar refractivity (Wildman–Crippen MR) is 159 cm³/mol. The lowest BCUT2D eigenvalue weighted by Gasteiger charge is -2.64. The number of alkyl halides is 3. The van der Waals surface area contributed by atoms with Gasteiger partial charge in [0.25, 0.3) is 10.0 Å². The molecule has 4 aliphatic carbocycles. The minimum Gasteiger partial charge on any atom is -0.449 e. The molecule has 44 heavy (non-hydrogen) atoms. The van der Waals surface area contributed by atoms with Gasteiger partial charge in [-0.15, -0.1) is 0 Å². The Morgan fingerprint density at radius 1 is 1.05 bits per heavy atom. The first kappa shape index (κ1) is 33.5. The Labute approximate surface area is 259 Å². The van der Waals surface area contributed by atoms with Gasteiger partial charge < -0.3 is 14.9 Å². The fourth-order valence-corrected chi connectivity index (χ4v) is 11.7. The number of benzene rings is 1. The number of hydrogen-bond donors (Lipinski definition) is 3. The Bertz CT molecular complexity index is 1320. The zero-order valence-corrected chi connectivity index (χ0v) is 27.0. The van der Waals surface area contributed by atoms with Gasteiger partial charge in [0.2, 0.25) is 0 Å². The summed E-state index contributed by atoms with van der Waals surface area (Å²) in [5, 5.41) is 22.4. The second-order valence-corrected chi connectivity index (χ2v) is 16.3. The number of aliphatic hydroxyl groups excluding tert-OH is 2. The first-order chi connectivity index (χ1) is 20.5. The van der Waals surface area contributed by atoms with Crippen LogP contribution in [-0.4, -0.2) is 43.5 Å². The van der Waals surface area contributed by atoms with Gasteiger partial charge in [-0.2, -0.15) is 13.2 Å². The van der Waals surface area contributed by atoms with Crippen LogP contribution in [0.4, 0.5) is 18.0 Å². The topological polar surface area (TPSA) is 113 Å². The van der Waals surface area contributed by atoms with Crippen molar-refractivity contribution in [2.45, 2.75) is 109 Å². The van der Waals surface area contributed by atoms with Crippen molar-refractivity contribution in [2.75, 3.05) is 6.61 Å². The summed E-state index contributed by atoms with van der Waals surface area (Å²) >= 11 is 0. The first-order valence-electron chi connectivity index (χ1n) is 16.3. The molecule has 11 heteroatoms. The molecule has 4 aliphatic rings. The SMILES string of the molecule is CC[C@H]1[C@@H](O)[C@@H]2[C@H](CC[C@]3(C)[C@@H]([C@H](C)CCOC(=O)NS(=O)(=O)c4ccccc4C(F)(F)F)CC[C@@H]23)[C@@]2(C)CC[C@@H](O)C[C@@H]12. The van der Waals surface area contributed by atoms with Crippen molar-refractivity contribution in [3.05, 3.63) is 29.8 Å². The van der Waals surface area contributed by atoms with Crippen LogP contribution in [0, 0.1) is 52.3 Å². The van der Waals surface area contributed by atoms with Crippen LogP contribution in [-0.2, 0) is 20.9 Å². The van der Waals surface area contributed by atoms with Crippen molar-refractivity contribution < 1.29 is 41.3 Å². The van der Waals surface area contributed by atoms with E-state index >= 15 is 0 Å². The maximum absolute atomic E-state index is 13.3. The molecule has 0 aromatic heterocycles. The highest BCUT2D eigenvalue weighted by atomic mass is 32.2. The molecule has 5 rings (SSSR count). The van der Waals surface area contributed by atoms with Crippen LogP contribution >= 0.6 is 0 Å². The van der Waals surface area contributed by atoms with E-state index in [9.17, 15) is 36.6 Å². The summed E-state index contributed by atoms with van der Waals surface area (Å²) in [4.78, 5) is 11.3. The molecule has 1 aromatic rings. The van der Waals surface area contributed by atoms with Crippen molar-refractivity contribution in [3.8, 4) is 0 Å². The number of fused-ring (bicyclic) bond motifs is 5. The van der Waals surface area contributed by atoms with E-state index in [0.29, 0.717) is 36.2 Å². The van der Waals surface area contributed by atoms with Gasteiger partial charge in [0.05, 0.1) is 29.3 Å². The van der Waals surface area contributed by atoms with E-state index in [0.717, 1.165) is 69.6 Å². The highest BCUT2D eigenvalue weighted by Gasteiger charge is 2.64. The molecule has 248 valence electrons. The van der Waals surface area contributed by atoms with Crippen molar-refractivity contribution >= 4 is 16.1 Å². The van der Waals surface area contributed by atoms with Crippen molar-refractivity contribution in [2.24, 2.45) is 52.3 Å². The van der Waals surface area contributed by atoms with Crippen LogP contribution < -0.4 is 4.72 Å². The monoisotopic (exact) mass is 643 g/mol. The van der Waals surface area contributed by atoms with Gasteiger partial charge in [-0.05, 0) is 116 Å². The summed E-state index contributed by atoms with van der Waals surface area (Å²) < 4.78 is 71.9. The van der Waals surface area contributed by atoms with Gasteiger partial charge in [-0.3, -0.25) is 0 Å². The zero-order valence-electron chi connectivity index (χ0n) is 26.1. The molecule has 0 aliphatic heterocycles. The van der Waals surface area contributed by atoms with E-state index in [1.807, 2.05) is 0 Å². The number of rotatable bonds is 7. The normalized spacial score (nSPS) is 39.5. The average molecular weight is 644 g/mol. The minimum atomic E-state index is -4.90. The molecule has 0 spiro atoms. The van der Waals surface area contributed by atoms with Crippen LogP contribution in [0.2, 0.25) is 0 Å². The Balaban J connectivity index is 1.22. The lowest BCUT2D eigenvalue weighted by molar-refractivity contribution is -0.203. The second-order valence-electron chi connectivity index (χ2n) is 14.6. The molecule has 11 atom stereocenters. The third-order valence-corrected chi connectivity index (χ3v) is 14.0. The molecule has 0 saturated heterocycles. The fourth-order valence-electron chi connectivity index (χ4n) is 10.6. The van der Waals surface area contributed by atoms with Gasteiger partial charge in [0.1, 0.15) is 0 Å². The van der Waals surface area contributed by atoms with E-state index in [4.69, 9.17) is 4.74 Å². The van der Waals surface area contributed by atoms with Gasteiger partial charge in [0.15, 0.2) is 0 Å². The van der Waals surface area contributed by atoms with Crippen molar-refractivity contribution in [1.82, 2.24) is 4.72 Å². The van der Waals surface area contributed by atoms with Crippen LogP contribution in [0.25, 0.3) is 0 Å². The number of nitrogens with one attached hydrogen (secondary N) is 1. The molecule has 3 N–H and O–H groups in total. The lowest BCUT2D eigenvalue weighted by Crippen LogP contribution is -2.62. The lowest BCUT2D eigenvalue weighted by atomic mass is 9.41. The minimum absolute atomic E-state index is 0.0180. The molecule has 0 heterocycles. The predicted octanol–water partition coefficient (Wildman–Crippen LogP) is 6.77. The number of hydrogen-bond acceptors (Lipinski definition) is 6. The van der Waals surface area contributed by atoms with E-state index < -0.39 is 32.8 Å². The molecule has 4 fully saturated rings. The average Bonchev–Trinajstić information content (AvgIpc) is 3.30. The largest absolute Gasteiger partial charge is 0.449 e. The summed E-state index contributed by atoms with van der Waals surface area (Å²) in [6.45, 7) is 8.99. The number of carbonyl (C=O) groups excluding carboxylic acids is 1. The fraction of sp³-hybridized carbons (Fsp3) is 0.788. The van der Waals surface area contributed by atoms with Gasteiger partial charge in [-0.1, -0.05) is 46.2 Å². The maximum Gasteiger partial charge on any atom is 0.421 e. The highest BCUT2D eigenvalue weighted by Crippen LogP contribution is 2.69. The quantitative estimate of drug-likeness (QED) is 0.302. The third-order valence-electron chi connectivity index (χ3n) is 12.7. The van der Waals surface area contributed by atoms with Crippen LogP contribution in [0.3, 0.4) is 0 Å². The Hall–Kier alpha value is -1.85. The van der Waals surface area contributed by atoms with Crippen LogP contribution in [0.15, 0.2) is 29.2 Å². The summed E-state index contributed by atoms with van der Waals surface area (Å²) in [5.74, 6) is 2.05. The van der Waals surface area contributed by atoms with Crippen LogP contribution in [0.1, 0.15) is 91.0 Å². The first-order valence-corrected chi connectivity index (χ1v) is 17.7. The number of amides is 1. The summed E-state index contributed by atoms with van der Waals surface area (Å²) in [6.07, 6.45) is 1.27. The zero-order chi connectivity index (χ0) is 32.2. The number of carbonyl (C=O) groups is 1. The summed E-state index contributed by atoms with van der Waals surface area (Å²) in [7, 11) is -4.79. The second kappa shape index (κ2) is 12.1. The Morgan fingerprint density at radius 3 is 2.39 bits per heavy atom. The van der Waals surface area contributed by atoms with Gasteiger partial charge in [0, 0.05) is 0 Å². The molecular weight excluding hydrogens is 595 g/mol. The molecule has 0 radical (unpaired) electrons. The molecule has 1 aromatic carbocycles. The smallest absolute Gasteiger partial charge is 0.421 e. The molecule has 7 nitrogen and oxygen atoms in total. The van der Waals surface area contributed by atoms with Crippen molar-refractivity contribution in [1.29, 1.82) is 0 Å². The number of ether oxygens (including phenoxy) is 1. The third kappa shape index (κ3) is 5.78. The van der Waals surface area contributed by atoms with E-state index in [1.165, 1.54) is 0 Å². The standard InChI is InChI=1S/C33H48F3NO6S/c1-5-21-26-18-20(38)12-15-32(26,4)25-13-16-31(3)22(10-11-24(31)28(25)29(21)39)19(2)14-17-43-30(40)37-44(41,42)27-9-7-6-8-23(27)33(34,35)36/h6-9,19-22,24-26,28-29,38-39H,5,10-18H2,1-4H3,(H,37,40)/t19-,20-,21-,22-,24+,25+,26+,28+,29-,31-,32-/m1/s1. The van der Waals surface area contributed by atoms with Gasteiger partial charge >= 0.3 is 12.3 Å². The number of halogens is 3. The van der Waals surface area contributed by atoms with Crippen molar-refractivity contribution in [3.63, 3.8) is 0 Å². The maximum atomic E-state index is 13.3. The number of aliphatic hydroxyl groups is 2. The van der Waals surface area contributed by atoms with Crippen LogP contribution in [0.5, 0.6) is 0 Å². The molecule has 4 saturated carbocycles. The molecular formula is C33H48F3NO6S. The highest BCUT2D eigenvalue weighted by molar-refractivity contribution is 7.90. The molecule has 1 amide bonds. The Morgan fingerprint density at radius 2 is 1.70 bits per heavy atom. The van der Waals surface area contributed by atoms with E-state index in [2.05, 4.69) is 27.7 Å². The summed E-state index contributed by atoms with van der Waals surface area (Å²) in [5.41, 5.74) is -1.21. The molecule has 0 unspecified atom stereocenters. The summed E-state index contributed by atoms with van der Waals surface area (Å²) in [6, 6.07) is 3.69. The van der Waals surface area contributed by atoms with Gasteiger partial charge in [-0.25, -0.2) is 17.9 Å². The Kier molecular flexibility index (Phi) is 9.19. The van der Waals surface area contributed by atoms with E-state index in [1.54, 1.807) is 4.72 Å².